The summed E-state index contributed by atoms with van der Waals surface area (Å²) in [5.74, 6) is -5.79. The van der Waals surface area contributed by atoms with E-state index in [1.165, 1.54) is 40.2 Å². The summed E-state index contributed by atoms with van der Waals surface area (Å²) in [5.41, 5.74) is 0.207. The molecule has 3 aliphatic heterocycles. The average Bonchev–Trinajstić information content (AvgIpc) is 3.12. The van der Waals surface area contributed by atoms with Crippen LogP contribution in [-0.2, 0) is 42.9 Å². The quantitative estimate of drug-likeness (QED) is 0.311. The van der Waals surface area contributed by atoms with Crippen LogP contribution in [0.1, 0.15) is 0 Å². The minimum Gasteiger partial charge on any atom is -0.469 e. The van der Waals surface area contributed by atoms with Gasteiger partial charge in [-0.1, -0.05) is 12.2 Å². The highest BCUT2D eigenvalue weighted by atomic mass is 32.2. The second-order valence-electron chi connectivity index (χ2n) is 7.53. The van der Waals surface area contributed by atoms with Crippen LogP contribution in [0.3, 0.4) is 0 Å². The molecule has 0 amide bonds. The molecule has 0 radical (unpaired) electrons. The summed E-state index contributed by atoms with van der Waals surface area (Å²) in [4.78, 5) is 64.2. The Morgan fingerprint density at radius 2 is 1.55 bits per heavy atom. The zero-order chi connectivity index (χ0) is 22.7. The highest BCUT2D eigenvalue weighted by Gasteiger charge is 2.74. The molecule has 0 N–H and O–H groups in total. The van der Waals surface area contributed by atoms with Gasteiger partial charge in [-0.3, -0.25) is 19.3 Å². The van der Waals surface area contributed by atoms with Crippen molar-refractivity contribution in [2.75, 3.05) is 34.2 Å². The van der Waals surface area contributed by atoms with Crippen LogP contribution in [0.15, 0.2) is 23.3 Å². The molecule has 0 aromatic heterocycles. The molecule has 4 unspecified atom stereocenters. The summed E-state index contributed by atoms with van der Waals surface area (Å²) in [6, 6.07) is -1.73. The zero-order valence-corrected chi connectivity index (χ0v) is 18.1. The Balaban J connectivity index is 1.94. The molecule has 0 aromatic rings. The van der Waals surface area contributed by atoms with Crippen molar-refractivity contribution >= 4 is 41.4 Å². The second-order valence-corrected chi connectivity index (χ2v) is 8.73. The van der Waals surface area contributed by atoms with Crippen LogP contribution < -0.4 is 0 Å². The van der Waals surface area contributed by atoms with Gasteiger partial charge >= 0.3 is 23.9 Å². The Bertz CT molecular complexity index is 956. The minimum absolute atomic E-state index is 0.0193. The summed E-state index contributed by atoms with van der Waals surface area (Å²) in [6.07, 6.45) is 3.39. The van der Waals surface area contributed by atoms with Crippen molar-refractivity contribution in [2.45, 2.75) is 17.0 Å². The summed E-state index contributed by atoms with van der Waals surface area (Å²) < 4.78 is 19.7. The van der Waals surface area contributed by atoms with Gasteiger partial charge in [-0.15, -0.1) is 11.8 Å². The molecule has 4 aliphatic rings. The lowest BCUT2D eigenvalue weighted by Crippen LogP contribution is -2.70. The van der Waals surface area contributed by atoms with Crippen molar-refractivity contribution in [3.8, 4) is 0 Å². The monoisotopic (exact) mass is 451 g/mol. The molecule has 0 saturated carbocycles. The molecular formula is C20H21NO9S. The van der Waals surface area contributed by atoms with Crippen molar-refractivity contribution < 1.29 is 42.9 Å². The molecule has 6 atom stereocenters. The molecule has 166 valence electrons. The third-order valence-corrected chi connectivity index (χ3v) is 8.00. The highest BCUT2D eigenvalue weighted by molar-refractivity contribution is 8.01. The Hall–Kier alpha value is -2.66. The van der Waals surface area contributed by atoms with E-state index in [0.717, 1.165) is 0 Å². The third-order valence-electron chi connectivity index (χ3n) is 6.47. The van der Waals surface area contributed by atoms with Crippen LogP contribution in [-0.4, -0.2) is 85.7 Å². The maximum absolute atomic E-state index is 13.0. The van der Waals surface area contributed by atoms with E-state index < -0.39 is 58.6 Å². The molecule has 1 aliphatic carbocycles. The number of esters is 4. The lowest BCUT2D eigenvalue weighted by atomic mass is 9.67. The fraction of sp³-hybridized carbons (Fsp3) is 0.550. The molecule has 31 heavy (non-hydrogen) atoms. The van der Waals surface area contributed by atoms with Gasteiger partial charge in [0, 0.05) is 12.0 Å². The van der Waals surface area contributed by atoms with Crippen molar-refractivity contribution in [3.63, 3.8) is 0 Å². The van der Waals surface area contributed by atoms with Gasteiger partial charge in [-0.05, 0) is 0 Å². The van der Waals surface area contributed by atoms with E-state index in [-0.39, 0.29) is 22.7 Å². The molecule has 4 rings (SSSR count). The largest absolute Gasteiger partial charge is 0.469 e. The fourth-order valence-electron chi connectivity index (χ4n) is 5.33. The molecule has 1 spiro atoms. The normalized spacial score (nSPS) is 35.5. The Kier molecular flexibility index (Phi) is 5.21. The van der Waals surface area contributed by atoms with Gasteiger partial charge in [0.05, 0.1) is 63.2 Å². The maximum Gasteiger partial charge on any atom is 0.337 e. The lowest BCUT2D eigenvalue weighted by Gasteiger charge is -2.60. The first-order valence-electron chi connectivity index (χ1n) is 9.50. The smallest absolute Gasteiger partial charge is 0.337 e. The molecular weight excluding hydrogens is 430 g/mol. The number of hydrogen-bond acceptors (Lipinski definition) is 11. The number of carbonyl (C=O) groups is 5. The molecule has 0 aromatic carbocycles. The van der Waals surface area contributed by atoms with E-state index in [1.54, 1.807) is 17.1 Å². The summed E-state index contributed by atoms with van der Waals surface area (Å²) in [6.45, 7) is 0. The third kappa shape index (κ3) is 2.59. The number of rotatable bonds is 4. The molecule has 2 fully saturated rings. The van der Waals surface area contributed by atoms with Gasteiger partial charge in [0.2, 0.25) is 0 Å². The lowest BCUT2D eigenvalue weighted by molar-refractivity contribution is -0.157. The zero-order valence-electron chi connectivity index (χ0n) is 17.3. The van der Waals surface area contributed by atoms with Crippen LogP contribution in [0.2, 0.25) is 0 Å². The van der Waals surface area contributed by atoms with Gasteiger partial charge < -0.3 is 18.9 Å². The number of thioether (sulfide) groups is 1. The molecule has 3 heterocycles. The first-order valence-corrected chi connectivity index (χ1v) is 10.5. The second kappa shape index (κ2) is 7.49. The molecule has 11 heteroatoms. The predicted octanol–water partition coefficient (Wildman–Crippen LogP) is -0.528. The van der Waals surface area contributed by atoms with E-state index in [0.29, 0.717) is 0 Å². The van der Waals surface area contributed by atoms with Gasteiger partial charge in [-0.2, -0.15) is 0 Å². The van der Waals surface area contributed by atoms with Gasteiger partial charge in [0.25, 0.3) is 0 Å². The number of carbonyl (C=O) groups excluding carboxylic acids is 5. The van der Waals surface area contributed by atoms with Crippen LogP contribution in [0.5, 0.6) is 0 Å². The van der Waals surface area contributed by atoms with E-state index in [4.69, 9.17) is 18.9 Å². The Morgan fingerprint density at radius 1 is 0.935 bits per heavy atom. The predicted molar refractivity (Wildman–Crippen MR) is 104 cm³/mol. The number of methoxy groups -OCH3 is 4. The Morgan fingerprint density at radius 3 is 2.13 bits per heavy atom. The fourth-order valence-corrected chi connectivity index (χ4v) is 6.96. The summed E-state index contributed by atoms with van der Waals surface area (Å²) in [7, 11) is 4.79. The van der Waals surface area contributed by atoms with Crippen LogP contribution in [0, 0.1) is 17.8 Å². The van der Waals surface area contributed by atoms with Crippen molar-refractivity contribution in [3.05, 3.63) is 23.3 Å². The van der Waals surface area contributed by atoms with E-state index in [1.807, 2.05) is 0 Å². The van der Waals surface area contributed by atoms with Crippen molar-refractivity contribution in [2.24, 2.45) is 17.8 Å². The van der Waals surface area contributed by atoms with E-state index in [2.05, 4.69) is 0 Å². The summed E-state index contributed by atoms with van der Waals surface area (Å²) in [5, 5.41) is 0. The Labute approximate surface area is 181 Å². The average molecular weight is 451 g/mol. The van der Waals surface area contributed by atoms with Crippen LogP contribution in [0.25, 0.3) is 0 Å². The van der Waals surface area contributed by atoms with Gasteiger partial charge in [0.15, 0.2) is 5.78 Å². The highest BCUT2D eigenvalue weighted by Crippen LogP contribution is 2.64. The van der Waals surface area contributed by atoms with E-state index >= 15 is 0 Å². The number of hydrogen-bond donors (Lipinski definition) is 0. The minimum atomic E-state index is -1.15. The maximum atomic E-state index is 13.0. The molecule has 10 nitrogen and oxygen atoms in total. The number of ketones is 1. The topological polar surface area (TPSA) is 126 Å². The molecule has 0 bridgehead atoms. The number of nitrogens with zero attached hydrogens (tertiary/aromatic N) is 1. The standard InChI is InChI=1S/C20H21NO9S/c1-27-16(23)11-8-5-6-9-12(17(24)28-2)13(18(25)29-3)15-10(22)7-31-20(8,21(9)15)14(11)19(26)30-4/h5-6,8-9,12-13,15H,7H2,1-4H3/t8?,9?,12-,13+,15?,20?/m0/s1. The first-order chi connectivity index (χ1) is 14.8. The van der Waals surface area contributed by atoms with Crippen LogP contribution >= 0.6 is 11.8 Å². The number of ether oxygens (including phenoxy) is 4. The van der Waals surface area contributed by atoms with Crippen LogP contribution in [0.4, 0.5) is 0 Å². The SMILES string of the molecule is COC(=O)C1=C(C(=O)OC)C23SCC(=O)C4[C@H](C(=O)OC)[C@@H](C(=O)OC)C(C=CC12)N43. The van der Waals surface area contributed by atoms with E-state index in [9.17, 15) is 24.0 Å². The van der Waals surface area contributed by atoms with Crippen molar-refractivity contribution in [1.29, 1.82) is 0 Å². The number of Topliss-reactive ketones (excluding diaryl/α,β-unsaturated/α-hetero) is 1. The first kappa shape index (κ1) is 21.6. The van der Waals surface area contributed by atoms with Gasteiger partial charge in [-0.25, -0.2) is 9.59 Å². The summed E-state index contributed by atoms with van der Waals surface area (Å²) >= 11 is 1.18. The van der Waals surface area contributed by atoms with Gasteiger partial charge in [0.1, 0.15) is 4.87 Å². The molecule has 2 saturated heterocycles. The van der Waals surface area contributed by atoms with Crippen molar-refractivity contribution in [1.82, 2.24) is 4.90 Å².